The van der Waals surface area contributed by atoms with Gasteiger partial charge in [0, 0.05) is 30.8 Å². The number of hydrogen-bond donors (Lipinski definition) is 2. The first-order valence-electron chi connectivity index (χ1n) is 8.45. The molecule has 1 heterocycles. The van der Waals surface area contributed by atoms with Crippen LogP contribution in [0.15, 0.2) is 36.4 Å². The molecule has 146 valence electrons. The summed E-state index contributed by atoms with van der Waals surface area (Å²) >= 11 is 0. The minimum Gasteiger partial charge on any atom is -0.494 e. The Kier molecular flexibility index (Phi) is 5.53. The normalized spacial score (nSPS) is 13.4. The van der Waals surface area contributed by atoms with Crippen LogP contribution in [0.5, 0.6) is 5.75 Å². The average Bonchev–Trinajstić information content (AvgIpc) is 3.09. The third kappa shape index (κ3) is 4.08. The van der Waals surface area contributed by atoms with Gasteiger partial charge >= 0.3 is 11.8 Å². The van der Waals surface area contributed by atoms with E-state index in [9.17, 15) is 23.2 Å². The number of amides is 3. The Balaban J connectivity index is 1.71. The van der Waals surface area contributed by atoms with E-state index in [1.165, 1.54) is 19.2 Å². The number of nitrogens with one attached hydrogen (secondary N) is 2. The molecule has 0 unspecified atom stereocenters. The smallest absolute Gasteiger partial charge is 0.314 e. The topological polar surface area (TPSA) is 87.7 Å². The van der Waals surface area contributed by atoms with Crippen molar-refractivity contribution >= 4 is 34.8 Å². The van der Waals surface area contributed by atoms with E-state index in [-0.39, 0.29) is 17.3 Å². The van der Waals surface area contributed by atoms with Crippen molar-refractivity contribution in [2.75, 3.05) is 29.2 Å². The number of carbonyl (C=O) groups excluding carboxylic acids is 3. The summed E-state index contributed by atoms with van der Waals surface area (Å²) in [5, 5.41) is 4.44. The predicted molar refractivity (Wildman–Crippen MR) is 98.2 cm³/mol. The Hall–Kier alpha value is -3.49. The molecule has 0 bridgehead atoms. The van der Waals surface area contributed by atoms with Crippen molar-refractivity contribution < 1.29 is 27.9 Å². The minimum atomic E-state index is -1.12. The van der Waals surface area contributed by atoms with Gasteiger partial charge in [-0.15, -0.1) is 0 Å². The lowest BCUT2D eigenvalue weighted by atomic mass is 10.2. The lowest BCUT2D eigenvalue weighted by Gasteiger charge is -2.19. The number of halogens is 2. The van der Waals surface area contributed by atoms with E-state index in [2.05, 4.69) is 10.6 Å². The van der Waals surface area contributed by atoms with Gasteiger partial charge in [-0.2, -0.15) is 0 Å². The molecule has 2 N–H and O–H groups in total. The fourth-order valence-electron chi connectivity index (χ4n) is 2.84. The van der Waals surface area contributed by atoms with Crippen LogP contribution in [0.4, 0.5) is 25.8 Å². The maximum Gasteiger partial charge on any atom is 0.314 e. The highest BCUT2D eigenvalue weighted by molar-refractivity contribution is 6.43. The van der Waals surface area contributed by atoms with Crippen molar-refractivity contribution in [3.63, 3.8) is 0 Å². The molecule has 2 aromatic carbocycles. The lowest BCUT2D eigenvalue weighted by molar-refractivity contribution is -0.133. The first-order valence-corrected chi connectivity index (χ1v) is 8.45. The van der Waals surface area contributed by atoms with Gasteiger partial charge in [0.1, 0.15) is 17.4 Å². The fraction of sp³-hybridized carbons (Fsp3) is 0.211. The van der Waals surface area contributed by atoms with Gasteiger partial charge in [0.2, 0.25) is 5.91 Å². The number of methoxy groups -OCH3 is 1. The predicted octanol–water partition coefficient (Wildman–Crippen LogP) is 2.68. The van der Waals surface area contributed by atoms with Crippen molar-refractivity contribution in [2.24, 2.45) is 0 Å². The summed E-state index contributed by atoms with van der Waals surface area (Å²) in [7, 11) is 1.43. The van der Waals surface area contributed by atoms with Gasteiger partial charge in [-0.3, -0.25) is 14.4 Å². The van der Waals surface area contributed by atoms with Gasteiger partial charge in [0.05, 0.1) is 18.5 Å². The number of nitrogens with zero attached hydrogens (tertiary/aromatic N) is 1. The SMILES string of the molecule is COc1cc(NC(=O)C(=O)Nc2ccc(F)cc2F)ccc1N1CCCC1=O. The second kappa shape index (κ2) is 8.03. The van der Waals surface area contributed by atoms with Crippen LogP contribution in [-0.4, -0.2) is 31.4 Å². The first kappa shape index (κ1) is 19.3. The molecular formula is C19H17F2N3O4. The van der Waals surface area contributed by atoms with Gasteiger partial charge < -0.3 is 20.3 Å². The van der Waals surface area contributed by atoms with Crippen LogP contribution >= 0.6 is 0 Å². The Morgan fingerprint density at radius 1 is 1.07 bits per heavy atom. The lowest BCUT2D eigenvalue weighted by Crippen LogP contribution is -2.29. The van der Waals surface area contributed by atoms with E-state index < -0.39 is 23.4 Å². The molecule has 1 aliphatic heterocycles. The van der Waals surface area contributed by atoms with Crippen LogP contribution in [0.3, 0.4) is 0 Å². The molecular weight excluding hydrogens is 372 g/mol. The number of benzene rings is 2. The van der Waals surface area contributed by atoms with Crippen LogP contribution in [0.1, 0.15) is 12.8 Å². The molecule has 1 fully saturated rings. The van der Waals surface area contributed by atoms with Crippen molar-refractivity contribution in [3.05, 3.63) is 48.0 Å². The zero-order chi connectivity index (χ0) is 20.3. The van der Waals surface area contributed by atoms with E-state index >= 15 is 0 Å². The van der Waals surface area contributed by atoms with E-state index in [0.29, 0.717) is 30.5 Å². The third-order valence-corrected chi connectivity index (χ3v) is 4.19. The second-order valence-electron chi connectivity index (χ2n) is 6.07. The minimum absolute atomic E-state index is 0.0178. The first-order chi connectivity index (χ1) is 13.4. The molecule has 0 aliphatic carbocycles. The Bertz CT molecular complexity index is 949. The largest absolute Gasteiger partial charge is 0.494 e. The standard InChI is InChI=1S/C19H17F2N3O4/c1-28-16-10-12(5-7-15(16)24-8-2-3-17(24)25)22-18(26)19(27)23-14-6-4-11(20)9-13(14)21/h4-7,9-10H,2-3,8H2,1H3,(H,22,26)(H,23,27). The maximum absolute atomic E-state index is 13.6. The van der Waals surface area contributed by atoms with Crippen molar-refractivity contribution in [2.45, 2.75) is 12.8 Å². The number of hydrogen-bond acceptors (Lipinski definition) is 4. The highest BCUT2D eigenvalue weighted by Crippen LogP contribution is 2.33. The number of ether oxygens (including phenoxy) is 1. The summed E-state index contributed by atoms with van der Waals surface area (Å²) in [6.07, 6.45) is 1.21. The second-order valence-corrected chi connectivity index (χ2v) is 6.07. The van der Waals surface area contributed by atoms with Crippen molar-refractivity contribution in [1.29, 1.82) is 0 Å². The maximum atomic E-state index is 13.6. The molecule has 0 aromatic heterocycles. The monoisotopic (exact) mass is 389 g/mol. The summed E-state index contributed by atoms with van der Waals surface area (Å²) in [5.74, 6) is -3.63. The molecule has 1 aliphatic rings. The van der Waals surface area contributed by atoms with Gasteiger partial charge in [0.25, 0.3) is 0 Å². The zero-order valence-corrected chi connectivity index (χ0v) is 14.9. The molecule has 1 saturated heterocycles. The molecule has 0 radical (unpaired) electrons. The quantitative estimate of drug-likeness (QED) is 0.787. The molecule has 3 rings (SSSR count). The van der Waals surface area contributed by atoms with E-state index in [1.807, 2.05) is 0 Å². The highest BCUT2D eigenvalue weighted by atomic mass is 19.1. The Labute approximate surface area is 159 Å². The molecule has 0 atom stereocenters. The molecule has 9 heteroatoms. The molecule has 2 aromatic rings. The Morgan fingerprint density at radius 2 is 1.82 bits per heavy atom. The summed E-state index contributed by atoms with van der Waals surface area (Å²) in [6, 6.07) is 7.17. The van der Waals surface area contributed by atoms with Crippen LogP contribution < -0.4 is 20.3 Å². The van der Waals surface area contributed by atoms with E-state index in [1.54, 1.807) is 11.0 Å². The number of rotatable bonds is 4. The average molecular weight is 389 g/mol. The van der Waals surface area contributed by atoms with E-state index in [0.717, 1.165) is 18.6 Å². The summed E-state index contributed by atoms with van der Waals surface area (Å²) < 4.78 is 31.8. The summed E-state index contributed by atoms with van der Waals surface area (Å²) in [4.78, 5) is 37.5. The molecule has 0 saturated carbocycles. The summed E-state index contributed by atoms with van der Waals surface area (Å²) in [5.41, 5.74) is 0.509. The Morgan fingerprint density at radius 3 is 2.46 bits per heavy atom. The van der Waals surface area contributed by atoms with Gasteiger partial charge in [-0.05, 0) is 30.7 Å². The molecule has 7 nitrogen and oxygen atoms in total. The highest BCUT2D eigenvalue weighted by Gasteiger charge is 2.25. The van der Waals surface area contributed by atoms with Gasteiger partial charge in [-0.1, -0.05) is 0 Å². The third-order valence-electron chi connectivity index (χ3n) is 4.19. The van der Waals surface area contributed by atoms with Crippen LogP contribution in [0.2, 0.25) is 0 Å². The molecule has 0 spiro atoms. The van der Waals surface area contributed by atoms with Gasteiger partial charge in [0.15, 0.2) is 0 Å². The van der Waals surface area contributed by atoms with E-state index in [4.69, 9.17) is 4.74 Å². The molecule has 3 amide bonds. The van der Waals surface area contributed by atoms with Crippen LogP contribution in [-0.2, 0) is 14.4 Å². The van der Waals surface area contributed by atoms with Crippen LogP contribution in [0, 0.1) is 11.6 Å². The summed E-state index contributed by atoms with van der Waals surface area (Å²) in [6.45, 7) is 0.576. The molecule has 28 heavy (non-hydrogen) atoms. The number of anilines is 3. The fourth-order valence-corrected chi connectivity index (χ4v) is 2.84. The number of carbonyl (C=O) groups is 3. The van der Waals surface area contributed by atoms with Crippen molar-refractivity contribution in [1.82, 2.24) is 0 Å². The van der Waals surface area contributed by atoms with Gasteiger partial charge in [-0.25, -0.2) is 8.78 Å². The van der Waals surface area contributed by atoms with Crippen LogP contribution in [0.25, 0.3) is 0 Å². The van der Waals surface area contributed by atoms with Crippen molar-refractivity contribution in [3.8, 4) is 5.75 Å². The zero-order valence-electron chi connectivity index (χ0n) is 14.9.